The number of nitrogens with one attached hydrogen (secondary N) is 1. The van der Waals surface area contributed by atoms with Gasteiger partial charge < -0.3 is 10.2 Å². The Morgan fingerprint density at radius 3 is 2.44 bits per heavy atom. The third-order valence-corrected chi connectivity index (χ3v) is 5.61. The summed E-state index contributed by atoms with van der Waals surface area (Å²) in [6.45, 7) is 10.2. The number of hydrogen-bond donors (Lipinski definition) is 1. The van der Waals surface area contributed by atoms with Crippen LogP contribution >= 0.6 is 15.9 Å². The van der Waals surface area contributed by atoms with Crippen LogP contribution in [0.15, 0.2) is 28.9 Å². The predicted molar refractivity (Wildman–Crippen MR) is 105 cm³/mol. The SMILES string of the molecule is Cc1nc(NCCCN2CCN(c3ccccn3)CC2)nc(C)c1Br. The standard InChI is InChI=1S/C18H25BrN6/c1-14-17(19)15(2)23-18(22-14)21-8-5-9-24-10-12-25(13-11-24)16-6-3-4-7-20-16/h3-4,6-7H,5,8-13H2,1-2H3,(H,21,22,23). The van der Waals surface area contributed by atoms with Gasteiger partial charge in [0, 0.05) is 38.9 Å². The van der Waals surface area contributed by atoms with Crippen LogP contribution in [0.2, 0.25) is 0 Å². The molecule has 1 aliphatic rings. The van der Waals surface area contributed by atoms with Gasteiger partial charge >= 0.3 is 0 Å². The highest BCUT2D eigenvalue weighted by Crippen LogP contribution is 2.18. The fraction of sp³-hybridized carbons (Fsp3) is 0.500. The summed E-state index contributed by atoms with van der Waals surface area (Å²) in [5.74, 6) is 1.81. The number of rotatable bonds is 6. The maximum atomic E-state index is 4.47. The van der Waals surface area contributed by atoms with Gasteiger partial charge in [-0.05, 0) is 54.9 Å². The first-order valence-electron chi connectivity index (χ1n) is 8.76. The zero-order valence-electron chi connectivity index (χ0n) is 14.9. The Morgan fingerprint density at radius 2 is 1.80 bits per heavy atom. The summed E-state index contributed by atoms with van der Waals surface area (Å²) in [5, 5.41) is 3.34. The number of anilines is 2. The molecule has 134 valence electrons. The molecular formula is C18H25BrN6. The van der Waals surface area contributed by atoms with Gasteiger partial charge in [0.25, 0.3) is 0 Å². The van der Waals surface area contributed by atoms with E-state index >= 15 is 0 Å². The fourth-order valence-corrected chi connectivity index (χ4v) is 3.20. The molecule has 0 aliphatic carbocycles. The van der Waals surface area contributed by atoms with E-state index < -0.39 is 0 Å². The molecule has 1 aliphatic heterocycles. The van der Waals surface area contributed by atoms with Crippen LogP contribution in [0.5, 0.6) is 0 Å². The topological polar surface area (TPSA) is 57.2 Å². The Labute approximate surface area is 157 Å². The lowest BCUT2D eigenvalue weighted by Crippen LogP contribution is -2.47. The molecule has 0 unspecified atom stereocenters. The van der Waals surface area contributed by atoms with Crippen molar-refractivity contribution in [2.24, 2.45) is 0 Å². The predicted octanol–water partition coefficient (Wildman–Crippen LogP) is 2.88. The minimum Gasteiger partial charge on any atom is -0.354 e. The first-order chi connectivity index (χ1) is 12.1. The van der Waals surface area contributed by atoms with Crippen molar-refractivity contribution in [3.8, 4) is 0 Å². The zero-order valence-corrected chi connectivity index (χ0v) is 16.5. The molecule has 3 heterocycles. The van der Waals surface area contributed by atoms with Gasteiger partial charge in [0.05, 0.1) is 15.9 Å². The lowest BCUT2D eigenvalue weighted by molar-refractivity contribution is 0.256. The highest BCUT2D eigenvalue weighted by Gasteiger charge is 2.17. The van der Waals surface area contributed by atoms with Crippen LogP contribution in [0.3, 0.4) is 0 Å². The Morgan fingerprint density at radius 1 is 1.08 bits per heavy atom. The quantitative estimate of drug-likeness (QED) is 0.746. The molecule has 6 nitrogen and oxygen atoms in total. The number of nitrogens with zero attached hydrogens (tertiary/aromatic N) is 5. The van der Waals surface area contributed by atoms with Crippen molar-refractivity contribution >= 4 is 27.7 Å². The smallest absolute Gasteiger partial charge is 0.223 e. The second kappa shape index (κ2) is 8.58. The van der Waals surface area contributed by atoms with Crippen LogP contribution in [0.4, 0.5) is 11.8 Å². The highest BCUT2D eigenvalue weighted by molar-refractivity contribution is 9.10. The molecule has 2 aromatic heterocycles. The summed E-state index contributed by atoms with van der Waals surface area (Å²) in [6, 6.07) is 6.10. The van der Waals surface area contributed by atoms with Crippen molar-refractivity contribution < 1.29 is 0 Å². The molecular weight excluding hydrogens is 380 g/mol. The second-order valence-electron chi connectivity index (χ2n) is 6.33. The van der Waals surface area contributed by atoms with E-state index in [4.69, 9.17) is 0 Å². The summed E-state index contributed by atoms with van der Waals surface area (Å²) in [7, 11) is 0. The van der Waals surface area contributed by atoms with E-state index in [9.17, 15) is 0 Å². The lowest BCUT2D eigenvalue weighted by Gasteiger charge is -2.35. The van der Waals surface area contributed by atoms with E-state index in [0.717, 1.165) is 73.3 Å². The third kappa shape index (κ3) is 4.89. The molecule has 1 N–H and O–H groups in total. The first-order valence-corrected chi connectivity index (χ1v) is 9.56. The monoisotopic (exact) mass is 404 g/mol. The fourth-order valence-electron chi connectivity index (χ4n) is 3.03. The van der Waals surface area contributed by atoms with Crippen molar-refractivity contribution in [2.75, 3.05) is 49.5 Å². The highest BCUT2D eigenvalue weighted by atomic mass is 79.9. The summed E-state index contributed by atoms with van der Waals surface area (Å²) < 4.78 is 0.990. The van der Waals surface area contributed by atoms with E-state index in [1.165, 1.54) is 0 Å². The molecule has 1 saturated heterocycles. The van der Waals surface area contributed by atoms with Crippen molar-refractivity contribution in [1.82, 2.24) is 19.9 Å². The number of hydrogen-bond acceptors (Lipinski definition) is 6. The molecule has 0 aromatic carbocycles. The molecule has 0 amide bonds. The van der Waals surface area contributed by atoms with Gasteiger partial charge in [0.1, 0.15) is 5.82 Å². The average molecular weight is 405 g/mol. The average Bonchev–Trinajstić information content (AvgIpc) is 2.64. The maximum Gasteiger partial charge on any atom is 0.223 e. The lowest BCUT2D eigenvalue weighted by atomic mass is 10.2. The number of aromatic nitrogens is 3. The van der Waals surface area contributed by atoms with Gasteiger partial charge in [-0.15, -0.1) is 0 Å². The van der Waals surface area contributed by atoms with Crippen molar-refractivity contribution in [3.05, 3.63) is 40.3 Å². The Bertz CT molecular complexity index is 662. The van der Waals surface area contributed by atoms with Crippen LogP contribution in [0, 0.1) is 13.8 Å². The van der Waals surface area contributed by atoms with Crippen molar-refractivity contribution in [2.45, 2.75) is 20.3 Å². The molecule has 0 spiro atoms. The number of aryl methyl sites for hydroxylation is 2. The molecule has 25 heavy (non-hydrogen) atoms. The van der Waals surface area contributed by atoms with Gasteiger partial charge in [-0.1, -0.05) is 6.07 Å². The molecule has 0 atom stereocenters. The molecule has 7 heteroatoms. The molecule has 3 rings (SSSR count). The van der Waals surface area contributed by atoms with Crippen molar-refractivity contribution in [1.29, 1.82) is 0 Å². The number of pyridine rings is 1. The van der Waals surface area contributed by atoms with Crippen LogP contribution in [0.1, 0.15) is 17.8 Å². The molecule has 0 radical (unpaired) electrons. The minimum atomic E-state index is 0.721. The zero-order chi connectivity index (χ0) is 17.6. The van der Waals surface area contributed by atoms with E-state index in [1.807, 2.05) is 32.2 Å². The van der Waals surface area contributed by atoms with Gasteiger partial charge in [0.15, 0.2) is 0 Å². The third-order valence-electron chi connectivity index (χ3n) is 4.46. The Balaban J connectivity index is 1.38. The summed E-state index contributed by atoms with van der Waals surface area (Å²) in [6.07, 6.45) is 2.95. The maximum absolute atomic E-state index is 4.47. The molecule has 1 fully saturated rings. The van der Waals surface area contributed by atoms with Gasteiger partial charge in [-0.2, -0.15) is 0 Å². The largest absolute Gasteiger partial charge is 0.354 e. The first kappa shape index (κ1) is 18.1. The molecule has 0 saturated carbocycles. The van der Waals surface area contributed by atoms with Crippen LogP contribution < -0.4 is 10.2 Å². The second-order valence-corrected chi connectivity index (χ2v) is 7.12. The minimum absolute atomic E-state index is 0.721. The van der Waals surface area contributed by atoms with E-state index in [0.29, 0.717) is 0 Å². The van der Waals surface area contributed by atoms with E-state index in [-0.39, 0.29) is 0 Å². The Kier molecular flexibility index (Phi) is 6.20. The molecule has 0 bridgehead atoms. The van der Waals surface area contributed by atoms with Crippen LogP contribution in [-0.2, 0) is 0 Å². The molecule has 2 aromatic rings. The van der Waals surface area contributed by atoms with Crippen LogP contribution in [-0.4, -0.2) is 59.1 Å². The summed E-state index contributed by atoms with van der Waals surface area (Å²) in [4.78, 5) is 18.2. The van der Waals surface area contributed by atoms with Crippen LogP contribution in [0.25, 0.3) is 0 Å². The van der Waals surface area contributed by atoms with Crippen molar-refractivity contribution in [3.63, 3.8) is 0 Å². The van der Waals surface area contributed by atoms with Gasteiger partial charge in [-0.3, -0.25) is 4.90 Å². The Hall–Kier alpha value is -1.73. The number of piperazine rings is 1. The summed E-state index contributed by atoms with van der Waals surface area (Å²) in [5.41, 5.74) is 1.95. The normalized spacial score (nSPS) is 15.4. The number of halogens is 1. The van der Waals surface area contributed by atoms with E-state index in [1.54, 1.807) is 0 Å². The van der Waals surface area contributed by atoms with Gasteiger partial charge in [-0.25, -0.2) is 15.0 Å². The summed E-state index contributed by atoms with van der Waals surface area (Å²) >= 11 is 3.50. The van der Waals surface area contributed by atoms with E-state index in [2.05, 4.69) is 52.1 Å². The van der Waals surface area contributed by atoms with Gasteiger partial charge in [0.2, 0.25) is 5.95 Å².